The SMILES string of the molecule is C=C(C)C(=O)OC1CCCCC1.C=COC(=O)CCl. The number of halogens is 1. The van der Waals surface area contributed by atoms with Gasteiger partial charge in [0.2, 0.25) is 0 Å². The van der Waals surface area contributed by atoms with Crippen molar-refractivity contribution in [1.82, 2.24) is 0 Å². The number of alkyl halides is 1. The molecular formula is C14H21ClO4. The van der Waals surface area contributed by atoms with Gasteiger partial charge >= 0.3 is 11.9 Å². The number of esters is 2. The minimum atomic E-state index is -0.475. The molecule has 0 radical (unpaired) electrons. The number of carbonyl (C=O) groups excluding carboxylic acids is 2. The molecule has 0 spiro atoms. The van der Waals surface area contributed by atoms with Crippen LogP contribution >= 0.6 is 11.6 Å². The number of ether oxygens (including phenoxy) is 2. The van der Waals surface area contributed by atoms with E-state index in [1.807, 2.05) is 0 Å². The minimum Gasteiger partial charge on any atom is -0.459 e. The second-order valence-corrected chi connectivity index (χ2v) is 4.50. The van der Waals surface area contributed by atoms with Gasteiger partial charge in [-0.2, -0.15) is 0 Å². The van der Waals surface area contributed by atoms with E-state index in [9.17, 15) is 9.59 Å². The highest BCUT2D eigenvalue weighted by Crippen LogP contribution is 2.20. The molecule has 0 saturated heterocycles. The van der Waals surface area contributed by atoms with E-state index in [1.165, 1.54) is 19.3 Å². The van der Waals surface area contributed by atoms with Crippen molar-refractivity contribution in [2.45, 2.75) is 45.1 Å². The van der Waals surface area contributed by atoms with Crippen molar-refractivity contribution in [2.24, 2.45) is 0 Å². The zero-order valence-corrected chi connectivity index (χ0v) is 12.1. The molecule has 108 valence electrons. The van der Waals surface area contributed by atoms with Gasteiger partial charge in [-0.1, -0.05) is 19.6 Å². The van der Waals surface area contributed by atoms with Crippen LogP contribution in [0.15, 0.2) is 25.0 Å². The molecule has 0 N–H and O–H groups in total. The van der Waals surface area contributed by atoms with Gasteiger partial charge in [-0.15, -0.1) is 11.6 Å². The molecule has 0 unspecified atom stereocenters. The van der Waals surface area contributed by atoms with Crippen molar-refractivity contribution < 1.29 is 19.1 Å². The molecule has 1 rings (SSSR count). The Morgan fingerprint density at radius 2 is 1.89 bits per heavy atom. The molecule has 1 fully saturated rings. The van der Waals surface area contributed by atoms with Gasteiger partial charge in [-0.3, -0.25) is 4.79 Å². The summed E-state index contributed by atoms with van der Waals surface area (Å²) in [5.74, 6) is -0.829. The monoisotopic (exact) mass is 288 g/mol. The van der Waals surface area contributed by atoms with Crippen LogP contribution < -0.4 is 0 Å². The third kappa shape index (κ3) is 9.31. The van der Waals surface area contributed by atoms with Gasteiger partial charge in [0.25, 0.3) is 0 Å². The normalized spacial score (nSPS) is 14.6. The molecule has 1 saturated carbocycles. The lowest BCUT2D eigenvalue weighted by atomic mass is 9.98. The van der Waals surface area contributed by atoms with Crippen LogP contribution in [0.2, 0.25) is 0 Å². The third-order valence-corrected chi connectivity index (χ3v) is 2.72. The van der Waals surface area contributed by atoms with E-state index >= 15 is 0 Å². The summed E-state index contributed by atoms with van der Waals surface area (Å²) in [6.07, 6.45) is 6.91. The van der Waals surface area contributed by atoms with Crippen molar-refractivity contribution in [3.05, 3.63) is 25.0 Å². The topological polar surface area (TPSA) is 52.6 Å². The molecule has 0 aliphatic heterocycles. The molecule has 5 heteroatoms. The molecule has 0 aromatic heterocycles. The van der Waals surface area contributed by atoms with Gasteiger partial charge in [-0.05, 0) is 32.6 Å². The lowest BCUT2D eigenvalue weighted by molar-refractivity contribution is -0.145. The van der Waals surface area contributed by atoms with Gasteiger partial charge < -0.3 is 9.47 Å². The van der Waals surface area contributed by atoms with E-state index in [0.717, 1.165) is 19.1 Å². The molecule has 0 amide bonds. The first-order valence-corrected chi connectivity index (χ1v) is 6.77. The largest absolute Gasteiger partial charge is 0.459 e. The molecule has 0 atom stereocenters. The zero-order chi connectivity index (χ0) is 14.7. The molecule has 0 bridgehead atoms. The molecule has 19 heavy (non-hydrogen) atoms. The number of hydrogen-bond donors (Lipinski definition) is 0. The van der Waals surface area contributed by atoms with Crippen LogP contribution in [0.4, 0.5) is 0 Å². The lowest BCUT2D eigenvalue weighted by Crippen LogP contribution is -2.20. The Morgan fingerprint density at radius 3 is 2.26 bits per heavy atom. The Balaban J connectivity index is 0.000000399. The number of rotatable bonds is 4. The number of carbonyl (C=O) groups is 2. The first-order chi connectivity index (χ1) is 9.01. The van der Waals surface area contributed by atoms with Crippen LogP contribution in [0.25, 0.3) is 0 Å². The first kappa shape index (κ1) is 17.7. The standard InChI is InChI=1S/C10H16O2.C4H5ClO2/c1-8(2)10(11)12-9-6-4-3-5-7-9;1-2-7-4(6)3-5/h9H,1,3-7H2,2H3;2H,1,3H2. The molecule has 0 heterocycles. The fourth-order valence-electron chi connectivity index (χ4n) is 1.56. The van der Waals surface area contributed by atoms with E-state index in [0.29, 0.717) is 5.57 Å². The fourth-order valence-corrected chi connectivity index (χ4v) is 1.62. The second-order valence-electron chi connectivity index (χ2n) is 4.24. The van der Waals surface area contributed by atoms with Crippen LogP contribution in [0.5, 0.6) is 0 Å². The Bertz CT molecular complexity index is 319. The summed E-state index contributed by atoms with van der Waals surface area (Å²) < 4.78 is 9.40. The summed E-state index contributed by atoms with van der Waals surface area (Å²) in [7, 11) is 0. The van der Waals surface area contributed by atoms with Crippen molar-refractivity contribution in [3.8, 4) is 0 Å². The van der Waals surface area contributed by atoms with Crippen molar-refractivity contribution >= 4 is 23.5 Å². The Morgan fingerprint density at radius 1 is 1.32 bits per heavy atom. The highest BCUT2D eigenvalue weighted by atomic mass is 35.5. The summed E-state index contributed by atoms with van der Waals surface area (Å²) in [6, 6.07) is 0. The van der Waals surface area contributed by atoms with Crippen molar-refractivity contribution in [1.29, 1.82) is 0 Å². The predicted molar refractivity (Wildman–Crippen MR) is 74.8 cm³/mol. The maximum absolute atomic E-state index is 11.1. The van der Waals surface area contributed by atoms with Gasteiger partial charge in [0, 0.05) is 5.57 Å². The highest BCUT2D eigenvalue weighted by molar-refractivity contribution is 6.26. The van der Waals surface area contributed by atoms with Gasteiger partial charge in [0.1, 0.15) is 12.0 Å². The van der Waals surface area contributed by atoms with E-state index in [4.69, 9.17) is 16.3 Å². The average molecular weight is 289 g/mol. The van der Waals surface area contributed by atoms with Gasteiger partial charge in [0.15, 0.2) is 0 Å². The molecular weight excluding hydrogens is 268 g/mol. The molecule has 4 nitrogen and oxygen atoms in total. The summed E-state index contributed by atoms with van der Waals surface area (Å²) in [4.78, 5) is 21.1. The molecule has 0 aromatic carbocycles. The Hall–Kier alpha value is -1.29. The van der Waals surface area contributed by atoms with E-state index < -0.39 is 5.97 Å². The molecule has 1 aliphatic rings. The fraction of sp³-hybridized carbons (Fsp3) is 0.571. The van der Waals surface area contributed by atoms with Crippen LogP contribution in [-0.2, 0) is 19.1 Å². The van der Waals surface area contributed by atoms with Crippen LogP contribution in [0, 0.1) is 0 Å². The predicted octanol–water partition coefficient (Wildman–Crippen LogP) is 3.35. The smallest absolute Gasteiger partial charge is 0.333 e. The first-order valence-electron chi connectivity index (χ1n) is 6.24. The van der Waals surface area contributed by atoms with Crippen LogP contribution in [0.3, 0.4) is 0 Å². The number of hydrogen-bond acceptors (Lipinski definition) is 4. The third-order valence-electron chi connectivity index (χ3n) is 2.50. The second kappa shape index (κ2) is 10.6. The van der Waals surface area contributed by atoms with Crippen LogP contribution in [0.1, 0.15) is 39.0 Å². The maximum Gasteiger partial charge on any atom is 0.333 e. The van der Waals surface area contributed by atoms with Gasteiger partial charge in [0.05, 0.1) is 6.26 Å². The average Bonchev–Trinajstić information content (AvgIpc) is 2.40. The Kier molecular flexibility index (Phi) is 9.90. The maximum atomic E-state index is 11.1. The van der Waals surface area contributed by atoms with E-state index in [1.54, 1.807) is 6.92 Å². The molecule has 1 aliphatic carbocycles. The summed E-state index contributed by atoms with van der Waals surface area (Å²) in [5.41, 5.74) is 0.501. The van der Waals surface area contributed by atoms with Crippen molar-refractivity contribution in [3.63, 3.8) is 0 Å². The van der Waals surface area contributed by atoms with E-state index in [-0.39, 0.29) is 18.0 Å². The zero-order valence-electron chi connectivity index (χ0n) is 11.3. The quantitative estimate of drug-likeness (QED) is 0.344. The highest BCUT2D eigenvalue weighted by Gasteiger charge is 2.17. The summed E-state index contributed by atoms with van der Waals surface area (Å²) in [6.45, 7) is 8.38. The van der Waals surface area contributed by atoms with Crippen molar-refractivity contribution in [2.75, 3.05) is 5.88 Å². The van der Waals surface area contributed by atoms with Gasteiger partial charge in [-0.25, -0.2) is 4.79 Å². The summed E-state index contributed by atoms with van der Waals surface area (Å²) >= 11 is 5.01. The Labute approximate surface area is 119 Å². The van der Waals surface area contributed by atoms with Crippen LogP contribution in [-0.4, -0.2) is 23.9 Å². The minimum absolute atomic E-state index is 0.119. The summed E-state index contributed by atoms with van der Waals surface area (Å²) in [5, 5.41) is 0. The van der Waals surface area contributed by atoms with E-state index in [2.05, 4.69) is 17.9 Å². The molecule has 0 aromatic rings. The lowest BCUT2D eigenvalue weighted by Gasteiger charge is -2.21.